The van der Waals surface area contributed by atoms with Gasteiger partial charge in [0.1, 0.15) is 0 Å². The molecule has 0 aliphatic carbocycles. The number of rotatable bonds is 4. The summed E-state index contributed by atoms with van der Waals surface area (Å²) in [5.74, 6) is 0.135. The molecule has 122 valence electrons. The molecule has 0 saturated heterocycles. The molecule has 0 heterocycles. The third-order valence-electron chi connectivity index (χ3n) is 3.88. The molecule has 3 aromatic rings. The van der Waals surface area contributed by atoms with Crippen molar-refractivity contribution >= 4 is 28.3 Å². The second-order valence-electron chi connectivity index (χ2n) is 5.23. The van der Waals surface area contributed by atoms with Crippen molar-refractivity contribution < 1.29 is 19.4 Å². The molecule has 0 saturated carbocycles. The molecular formula is C19H15ClO4. The van der Waals surface area contributed by atoms with Crippen LogP contribution in [0.15, 0.2) is 48.5 Å². The van der Waals surface area contributed by atoms with Crippen LogP contribution in [0.4, 0.5) is 0 Å². The Bertz CT molecular complexity index is 934. The van der Waals surface area contributed by atoms with Gasteiger partial charge in [0.2, 0.25) is 0 Å². The zero-order chi connectivity index (χ0) is 17.3. The van der Waals surface area contributed by atoms with Crippen LogP contribution >= 0.6 is 11.6 Å². The molecule has 5 heteroatoms. The number of ether oxygens (including phenoxy) is 2. The van der Waals surface area contributed by atoms with Gasteiger partial charge in [-0.05, 0) is 46.7 Å². The molecule has 0 amide bonds. The summed E-state index contributed by atoms with van der Waals surface area (Å²) in [6.45, 7) is 0. The summed E-state index contributed by atoms with van der Waals surface area (Å²) in [5.41, 5.74) is 1.58. The van der Waals surface area contributed by atoms with E-state index in [-0.39, 0.29) is 5.56 Å². The number of hydrogen-bond acceptors (Lipinski definition) is 3. The van der Waals surface area contributed by atoms with Gasteiger partial charge >= 0.3 is 5.97 Å². The molecule has 3 aromatic carbocycles. The predicted octanol–water partition coefficient (Wildman–Crippen LogP) is 4.88. The third-order valence-corrected chi connectivity index (χ3v) is 4.12. The van der Waals surface area contributed by atoms with Crippen molar-refractivity contribution in [3.8, 4) is 22.6 Å². The lowest BCUT2D eigenvalue weighted by Gasteiger charge is -2.14. The molecule has 4 nitrogen and oxygen atoms in total. The summed E-state index contributed by atoms with van der Waals surface area (Å²) in [6.07, 6.45) is 0. The molecule has 0 aliphatic rings. The molecule has 24 heavy (non-hydrogen) atoms. The minimum absolute atomic E-state index is 0.219. The van der Waals surface area contributed by atoms with Crippen molar-refractivity contribution in [3.63, 3.8) is 0 Å². The molecule has 0 aliphatic heterocycles. The zero-order valence-corrected chi connectivity index (χ0v) is 13.9. The molecule has 0 bridgehead atoms. The fourth-order valence-corrected chi connectivity index (χ4v) is 2.96. The first-order chi connectivity index (χ1) is 11.5. The molecule has 0 spiro atoms. The number of halogens is 1. The van der Waals surface area contributed by atoms with Crippen molar-refractivity contribution in [3.05, 3.63) is 59.1 Å². The van der Waals surface area contributed by atoms with Crippen LogP contribution in [0.1, 0.15) is 10.4 Å². The summed E-state index contributed by atoms with van der Waals surface area (Å²) >= 11 is 6.05. The number of methoxy groups -OCH3 is 2. The zero-order valence-electron chi connectivity index (χ0n) is 13.2. The van der Waals surface area contributed by atoms with E-state index in [2.05, 4.69) is 0 Å². The Morgan fingerprint density at radius 2 is 1.71 bits per heavy atom. The molecule has 1 N–H and O–H groups in total. The first kappa shape index (κ1) is 16.1. The van der Waals surface area contributed by atoms with E-state index >= 15 is 0 Å². The lowest BCUT2D eigenvalue weighted by atomic mass is 9.93. The van der Waals surface area contributed by atoms with Crippen LogP contribution in [0.5, 0.6) is 11.5 Å². The molecule has 0 radical (unpaired) electrons. The SMILES string of the molecule is COc1ccc(-c2c(C(=O)O)ccc3cc(Cl)ccc23)cc1OC. The molecule has 0 fully saturated rings. The highest BCUT2D eigenvalue weighted by atomic mass is 35.5. The largest absolute Gasteiger partial charge is 0.493 e. The summed E-state index contributed by atoms with van der Waals surface area (Å²) in [5, 5.41) is 11.9. The van der Waals surface area contributed by atoms with E-state index in [4.69, 9.17) is 21.1 Å². The maximum Gasteiger partial charge on any atom is 0.336 e. The van der Waals surface area contributed by atoms with E-state index in [1.807, 2.05) is 18.2 Å². The Balaban J connectivity index is 2.35. The lowest BCUT2D eigenvalue weighted by Crippen LogP contribution is -2.01. The van der Waals surface area contributed by atoms with Crippen molar-refractivity contribution in [1.29, 1.82) is 0 Å². The summed E-state index contributed by atoms with van der Waals surface area (Å²) < 4.78 is 10.6. The second-order valence-corrected chi connectivity index (χ2v) is 5.66. The highest BCUT2D eigenvalue weighted by molar-refractivity contribution is 6.31. The number of carbonyl (C=O) groups is 1. The average Bonchev–Trinajstić information content (AvgIpc) is 2.59. The Morgan fingerprint density at radius 1 is 0.958 bits per heavy atom. The van der Waals surface area contributed by atoms with Crippen molar-refractivity contribution in [1.82, 2.24) is 0 Å². The van der Waals surface area contributed by atoms with Crippen molar-refractivity contribution in [2.45, 2.75) is 0 Å². The van der Waals surface area contributed by atoms with Gasteiger partial charge in [0.15, 0.2) is 11.5 Å². The Labute approximate surface area is 144 Å². The maximum absolute atomic E-state index is 11.7. The van der Waals surface area contributed by atoms with Gasteiger partial charge in [-0.15, -0.1) is 0 Å². The molecule has 0 atom stereocenters. The quantitative estimate of drug-likeness (QED) is 0.734. The van der Waals surface area contributed by atoms with Gasteiger partial charge in [-0.3, -0.25) is 0 Å². The van der Waals surface area contributed by atoms with E-state index in [0.717, 1.165) is 16.3 Å². The lowest BCUT2D eigenvalue weighted by molar-refractivity contribution is 0.0698. The van der Waals surface area contributed by atoms with Crippen LogP contribution in [-0.2, 0) is 0 Å². The number of fused-ring (bicyclic) bond motifs is 1. The van der Waals surface area contributed by atoms with Crippen molar-refractivity contribution in [2.24, 2.45) is 0 Å². The summed E-state index contributed by atoms with van der Waals surface area (Å²) in [6, 6.07) is 14.1. The first-order valence-electron chi connectivity index (χ1n) is 7.23. The Hall–Kier alpha value is -2.72. The van der Waals surface area contributed by atoms with Crippen LogP contribution < -0.4 is 9.47 Å². The fraction of sp³-hybridized carbons (Fsp3) is 0.105. The normalized spacial score (nSPS) is 10.6. The number of aromatic carboxylic acids is 1. The highest BCUT2D eigenvalue weighted by Crippen LogP contribution is 2.38. The Kier molecular flexibility index (Phi) is 4.32. The minimum atomic E-state index is -0.989. The fourth-order valence-electron chi connectivity index (χ4n) is 2.78. The van der Waals surface area contributed by atoms with Gasteiger partial charge in [0.25, 0.3) is 0 Å². The van der Waals surface area contributed by atoms with E-state index < -0.39 is 5.97 Å². The molecule has 0 aromatic heterocycles. The van der Waals surface area contributed by atoms with Gasteiger partial charge in [0, 0.05) is 10.6 Å². The van der Waals surface area contributed by atoms with Gasteiger partial charge in [0.05, 0.1) is 19.8 Å². The van der Waals surface area contributed by atoms with Crippen LogP contribution in [0.2, 0.25) is 5.02 Å². The van der Waals surface area contributed by atoms with E-state index in [1.54, 1.807) is 44.6 Å². The first-order valence-corrected chi connectivity index (χ1v) is 7.61. The topological polar surface area (TPSA) is 55.8 Å². The minimum Gasteiger partial charge on any atom is -0.493 e. The monoisotopic (exact) mass is 342 g/mol. The number of carboxylic acids is 1. The predicted molar refractivity (Wildman–Crippen MR) is 94.5 cm³/mol. The highest BCUT2D eigenvalue weighted by Gasteiger charge is 2.17. The van der Waals surface area contributed by atoms with Gasteiger partial charge in [-0.1, -0.05) is 29.8 Å². The number of carboxylic acid groups (broad SMARTS) is 1. The van der Waals surface area contributed by atoms with E-state index in [0.29, 0.717) is 22.1 Å². The van der Waals surface area contributed by atoms with Gasteiger partial charge < -0.3 is 14.6 Å². The average molecular weight is 343 g/mol. The Morgan fingerprint density at radius 3 is 2.38 bits per heavy atom. The van der Waals surface area contributed by atoms with Crippen LogP contribution in [0.3, 0.4) is 0 Å². The smallest absolute Gasteiger partial charge is 0.336 e. The maximum atomic E-state index is 11.7. The summed E-state index contributed by atoms with van der Waals surface area (Å²) in [7, 11) is 3.10. The van der Waals surface area contributed by atoms with Crippen LogP contribution in [0.25, 0.3) is 21.9 Å². The standard InChI is InChI=1S/C19H15ClO4/c1-23-16-8-4-12(10-17(16)24-2)18-14-7-5-13(20)9-11(14)3-6-15(18)19(21)22/h3-10H,1-2H3,(H,21,22). The van der Waals surface area contributed by atoms with E-state index in [1.165, 1.54) is 0 Å². The number of hydrogen-bond donors (Lipinski definition) is 1. The number of benzene rings is 3. The summed E-state index contributed by atoms with van der Waals surface area (Å²) in [4.78, 5) is 11.7. The van der Waals surface area contributed by atoms with E-state index in [9.17, 15) is 9.90 Å². The third kappa shape index (κ3) is 2.76. The van der Waals surface area contributed by atoms with Crippen LogP contribution in [0, 0.1) is 0 Å². The van der Waals surface area contributed by atoms with Crippen molar-refractivity contribution in [2.75, 3.05) is 14.2 Å². The molecular weight excluding hydrogens is 328 g/mol. The van der Waals surface area contributed by atoms with Gasteiger partial charge in [-0.2, -0.15) is 0 Å². The van der Waals surface area contributed by atoms with Crippen LogP contribution in [-0.4, -0.2) is 25.3 Å². The molecule has 3 rings (SSSR count). The molecule has 0 unspecified atom stereocenters. The second kappa shape index (κ2) is 6.42. The van der Waals surface area contributed by atoms with Gasteiger partial charge in [-0.25, -0.2) is 4.79 Å².